The Morgan fingerprint density at radius 1 is 1.16 bits per heavy atom. The molecule has 1 amide bonds. The van der Waals surface area contributed by atoms with Crippen LogP contribution < -0.4 is 5.32 Å². The third-order valence-corrected chi connectivity index (χ3v) is 4.18. The highest BCUT2D eigenvalue weighted by atomic mass is 16.5. The molecule has 1 aliphatic heterocycles. The minimum absolute atomic E-state index is 0.0175. The van der Waals surface area contributed by atoms with Gasteiger partial charge < -0.3 is 15.2 Å². The molecule has 108 valence electrons. The van der Waals surface area contributed by atoms with Crippen molar-refractivity contribution in [2.24, 2.45) is 11.8 Å². The molecule has 2 fully saturated rings. The van der Waals surface area contributed by atoms with Crippen LogP contribution in [0.2, 0.25) is 0 Å². The lowest BCUT2D eigenvalue weighted by atomic mass is 9.81. The lowest BCUT2D eigenvalue weighted by molar-refractivity contribution is -0.144. The second kappa shape index (κ2) is 6.89. The topological polar surface area (TPSA) is 75.6 Å². The first-order valence-corrected chi connectivity index (χ1v) is 7.29. The van der Waals surface area contributed by atoms with Gasteiger partial charge in [0, 0.05) is 19.1 Å². The summed E-state index contributed by atoms with van der Waals surface area (Å²) in [6.07, 6.45) is 6.19. The van der Waals surface area contributed by atoms with E-state index in [1.807, 2.05) is 0 Å². The third kappa shape index (κ3) is 4.20. The lowest BCUT2D eigenvalue weighted by Gasteiger charge is -2.25. The van der Waals surface area contributed by atoms with Gasteiger partial charge in [-0.25, -0.2) is 0 Å². The van der Waals surface area contributed by atoms with Gasteiger partial charge in [-0.3, -0.25) is 9.59 Å². The van der Waals surface area contributed by atoms with E-state index in [4.69, 9.17) is 9.84 Å². The molecule has 1 heterocycles. The fourth-order valence-electron chi connectivity index (χ4n) is 3.02. The molecule has 1 saturated carbocycles. The summed E-state index contributed by atoms with van der Waals surface area (Å²) in [7, 11) is 0. The van der Waals surface area contributed by atoms with Crippen LogP contribution in [0.25, 0.3) is 0 Å². The predicted octanol–water partition coefficient (Wildman–Crippen LogP) is 1.56. The van der Waals surface area contributed by atoms with Crippen LogP contribution in [0.3, 0.4) is 0 Å². The Hall–Kier alpha value is -1.10. The number of carboxylic acids is 1. The molecule has 2 rings (SSSR count). The standard InChI is InChI=1S/C14H23NO4/c16-13(15-7-6-12-5-2-8-19-12)10-3-1-4-11(9-10)14(17)18/h10-12H,1-9H2,(H,15,16)(H,17,18)/t10-,11-,12+/m1/s1. The average Bonchev–Trinajstić information content (AvgIpc) is 2.92. The van der Waals surface area contributed by atoms with Gasteiger partial charge in [-0.1, -0.05) is 6.42 Å². The second-order valence-corrected chi connectivity index (χ2v) is 5.61. The molecule has 5 heteroatoms. The maximum atomic E-state index is 12.0. The summed E-state index contributed by atoms with van der Waals surface area (Å²) in [6, 6.07) is 0. The van der Waals surface area contributed by atoms with Gasteiger partial charge in [-0.2, -0.15) is 0 Å². The summed E-state index contributed by atoms with van der Waals surface area (Å²) in [5.41, 5.74) is 0. The zero-order valence-electron chi connectivity index (χ0n) is 11.3. The fraction of sp³-hybridized carbons (Fsp3) is 0.857. The van der Waals surface area contributed by atoms with E-state index in [-0.39, 0.29) is 17.7 Å². The van der Waals surface area contributed by atoms with Crippen molar-refractivity contribution in [3.63, 3.8) is 0 Å². The summed E-state index contributed by atoms with van der Waals surface area (Å²) < 4.78 is 5.50. The van der Waals surface area contributed by atoms with Gasteiger partial charge in [0.2, 0.25) is 5.91 Å². The lowest BCUT2D eigenvalue weighted by Crippen LogP contribution is -2.36. The first-order chi connectivity index (χ1) is 9.16. The normalized spacial score (nSPS) is 31.1. The highest BCUT2D eigenvalue weighted by molar-refractivity contribution is 5.80. The number of amides is 1. The van der Waals surface area contributed by atoms with Crippen molar-refractivity contribution in [3.05, 3.63) is 0 Å². The molecule has 0 aromatic rings. The number of nitrogens with one attached hydrogen (secondary N) is 1. The van der Waals surface area contributed by atoms with Crippen LogP contribution in [-0.4, -0.2) is 36.2 Å². The van der Waals surface area contributed by atoms with Crippen molar-refractivity contribution >= 4 is 11.9 Å². The van der Waals surface area contributed by atoms with E-state index in [9.17, 15) is 9.59 Å². The van der Waals surface area contributed by atoms with E-state index in [2.05, 4.69) is 5.32 Å². The highest BCUT2D eigenvalue weighted by Crippen LogP contribution is 2.29. The number of hydrogen-bond acceptors (Lipinski definition) is 3. The van der Waals surface area contributed by atoms with Crippen LogP contribution in [0.5, 0.6) is 0 Å². The molecule has 1 saturated heterocycles. The van der Waals surface area contributed by atoms with Gasteiger partial charge >= 0.3 is 5.97 Å². The molecular formula is C14H23NO4. The quantitative estimate of drug-likeness (QED) is 0.794. The predicted molar refractivity (Wildman–Crippen MR) is 69.7 cm³/mol. The molecule has 3 atom stereocenters. The van der Waals surface area contributed by atoms with Crippen LogP contribution in [0.4, 0.5) is 0 Å². The second-order valence-electron chi connectivity index (χ2n) is 5.61. The van der Waals surface area contributed by atoms with Crippen molar-refractivity contribution in [1.82, 2.24) is 5.32 Å². The van der Waals surface area contributed by atoms with Crippen molar-refractivity contribution in [1.29, 1.82) is 0 Å². The first-order valence-electron chi connectivity index (χ1n) is 7.29. The van der Waals surface area contributed by atoms with E-state index in [1.165, 1.54) is 0 Å². The molecule has 2 N–H and O–H groups in total. The minimum Gasteiger partial charge on any atom is -0.481 e. The van der Waals surface area contributed by atoms with Crippen molar-refractivity contribution in [3.8, 4) is 0 Å². The Bertz CT molecular complexity index is 325. The van der Waals surface area contributed by atoms with Crippen molar-refractivity contribution < 1.29 is 19.4 Å². The molecule has 5 nitrogen and oxygen atoms in total. The van der Waals surface area contributed by atoms with Crippen molar-refractivity contribution in [2.75, 3.05) is 13.2 Å². The van der Waals surface area contributed by atoms with E-state index in [0.717, 1.165) is 38.7 Å². The number of hydrogen-bond donors (Lipinski definition) is 2. The molecule has 0 radical (unpaired) electrons. The van der Waals surface area contributed by atoms with Crippen molar-refractivity contribution in [2.45, 2.75) is 51.0 Å². The molecule has 0 unspecified atom stereocenters. The largest absolute Gasteiger partial charge is 0.481 e. The van der Waals surface area contributed by atoms with Crippen LogP contribution in [0, 0.1) is 11.8 Å². The molecule has 19 heavy (non-hydrogen) atoms. The Morgan fingerprint density at radius 3 is 2.63 bits per heavy atom. The monoisotopic (exact) mass is 269 g/mol. The molecule has 0 aromatic heterocycles. The van der Waals surface area contributed by atoms with Crippen LogP contribution in [0.15, 0.2) is 0 Å². The van der Waals surface area contributed by atoms with Gasteiger partial charge in [0.1, 0.15) is 0 Å². The molecule has 0 spiro atoms. The molecule has 0 bridgehead atoms. The smallest absolute Gasteiger partial charge is 0.306 e. The zero-order valence-corrected chi connectivity index (χ0v) is 11.3. The number of aliphatic carboxylic acids is 1. The van der Waals surface area contributed by atoms with Crippen LogP contribution >= 0.6 is 0 Å². The van der Waals surface area contributed by atoms with Crippen LogP contribution in [0.1, 0.15) is 44.9 Å². The average molecular weight is 269 g/mol. The summed E-state index contributed by atoms with van der Waals surface area (Å²) in [6.45, 7) is 1.47. The van der Waals surface area contributed by atoms with Gasteiger partial charge in [0.25, 0.3) is 0 Å². The van der Waals surface area contributed by atoms with Gasteiger partial charge in [-0.15, -0.1) is 0 Å². The Labute approximate surface area is 113 Å². The fourth-order valence-corrected chi connectivity index (χ4v) is 3.02. The summed E-state index contributed by atoms with van der Waals surface area (Å²) in [5.74, 6) is -1.22. The molecule has 0 aromatic carbocycles. The first kappa shape index (κ1) is 14.3. The zero-order chi connectivity index (χ0) is 13.7. The number of ether oxygens (including phenoxy) is 1. The maximum Gasteiger partial charge on any atom is 0.306 e. The molecule has 1 aliphatic carbocycles. The summed E-state index contributed by atoms with van der Waals surface area (Å²) in [5, 5.41) is 11.9. The van der Waals surface area contributed by atoms with E-state index in [1.54, 1.807) is 0 Å². The Morgan fingerprint density at radius 2 is 1.95 bits per heavy atom. The maximum absolute atomic E-state index is 12.0. The number of carbonyl (C=O) groups excluding carboxylic acids is 1. The Balaban J connectivity index is 1.68. The number of rotatable bonds is 5. The van der Waals surface area contributed by atoms with E-state index >= 15 is 0 Å². The third-order valence-electron chi connectivity index (χ3n) is 4.18. The van der Waals surface area contributed by atoms with Gasteiger partial charge in [0.05, 0.1) is 12.0 Å². The highest BCUT2D eigenvalue weighted by Gasteiger charge is 2.30. The van der Waals surface area contributed by atoms with Gasteiger partial charge in [0.15, 0.2) is 0 Å². The van der Waals surface area contributed by atoms with E-state index < -0.39 is 5.97 Å². The molecular weight excluding hydrogens is 246 g/mol. The molecule has 2 aliphatic rings. The summed E-state index contributed by atoms with van der Waals surface area (Å²) in [4.78, 5) is 23.0. The van der Waals surface area contributed by atoms with Crippen LogP contribution in [-0.2, 0) is 14.3 Å². The summed E-state index contributed by atoms with van der Waals surface area (Å²) >= 11 is 0. The number of carboxylic acid groups (broad SMARTS) is 1. The van der Waals surface area contributed by atoms with E-state index in [0.29, 0.717) is 25.5 Å². The van der Waals surface area contributed by atoms with Gasteiger partial charge in [-0.05, 0) is 38.5 Å². The Kier molecular flexibility index (Phi) is 5.19. The number of carbonyl (C=O) groups is 2. The SMILES string of the molecule is O=C(O)[C@@H]1CCC[C@@H](C(=O)NCC[C@@H]2CCCO2)C1. The minimum atomic E-state index is -0.767.